The van der Waals surface area contributed by atoms with E-state index in [0.29, 0.717) is 5.02 Å². The lowest BCUT2D eigenvalue weighted by Gasteiger charge is -2.51. The fraction of sp³-hybridized carbons (Fsp3) is 0.379. The van der Waals surface area contributed by atoms with Crippen molar-refractivity contribution in [3.63, 3.8) is 0 Å². The normalized spacial score (nSPS) is 20.8. The van der Waals surface area contributed by atoms with Crippen LogP contribution in [-0.4, -0.2) is 73.2 Å². The van der Waals surface area contributed by atoms with E-state index < -0.39 is 39.3 Å². The number of aromatic nitrogens is 2. The van der Waals surface area contributed by atoms with Crippen LogP contribution in [0.4, 0.5) is 4.39 Å². The van der Waals surface area contributed by atoms with Crippen molar-refractivity contribution in [2.75, 3.05) is 0 Å². The smallest absolute Gasteiger partial charge is 0.257 e. The van der Waals surface area contributed by atoms with Gasteiger partial charge in [-0.3, -0.25) is 9.69 Å². The van der Waals surface area contributed by atoms with Crippen molar-refractivity contribution in [3.8, 4) is 6.07 Å². The van der Waals surface area contributed by atoms with Gasteiger partial charge >= 0.3 is 0 Å². The van der Waals surface area contributed by atoms with Gasteiger partial charge in [0.1, 0.15) is 33.4 Å². The Labute approximate surface area is 259 Å². The molecule has 0 saturated heterocycles. The van der Waals surface area contributed by atoms with Gasteiger partial charge in [-0.2, -0.15) is 5.26 Å². The standard InChI is InChI=1S/C29H24B4ClFN4O4/c1-3-25(2,41)18-10-20-23(21(35)11-18)27(17-4-6-19(34)7-5-17,43-29(32,33)26(8-9-26)28(30,31)42)39(24(20)40)15-22-37-13-16(12-36)14-38-22/h4-7,10-11,13-14,41-42H,3,8-9,15H2,1-2H3/t25?,27-/m1/s1. The van der Waals surface area contributed by atoms with Gasteiger partial charge in [-0.15, -0.1) is 0 Å². The second-order valence-electron chi connectivity index (χ2n) is 11.4. The van der Waals surface area contributed by atoms with E-state index in [-0.39, 0.29) is 59.4 Å². The van der Waals surface area contributed by atoms with Gasteiger partial charge in [-0.05, 0) is 66.8 Å². The minimum atomic E-state index is -2.40. The van der Waals surface area contributed by atoms with Crippen molar-refractivity contribution in [1.29, 1.82) is 5.26 Å². The highest BCUT2D eigenvalue weighted by atomic mass is 35.5. The van der Waals surface area contributed by atoms with Crippen molar-refractivity contribution in [2.24, 2.45) is 5.41 Å². The lowest BCUT2D eigenvalue weighted by atomic mass is 9.43. The third-order valence-corrected chi connectivity index (χ3v) is 8.80. The molecule has 0 bridgehead atoms. The Kier molecular flexibility index (Phi) is 7.62. The van der Waals surface area contributed by atoms with Gasteiger partial charge in [0.05, 0.1) is 44.5 Å². The van der Waals surface area contributed by atoms with E-state index in [9.17, 15) is 20.3 Å². The van der Waals surface area contributed by atoms with Gasteiger partial charge in [-0.1, -0.05) is 30.7 Å². The molecule has 1 fully saturated rings. The molecule has 0 spiro atoms. The SMILES string of the molecule is [B]C([B])(O)C1(C([B])([B])O[C@]2(c3ccc(Cl)cc3)c3c(F)cc(C(C)(O)CC)cc3C(=O)N2Cc2ncc(C#N)cn2)CC1. The number of benzene rings is 2. The molecular formula is C29H24B4ClFN4O4. The van der Waals surface area contributed by atoms with Crippen LogP contribution < -0.4 is 0 Å². The highest BCUT2D eigenvalue weighted by Crippen LogP contribution is 2.61. The first kappa shape index (κ1) is 31.3. The molecule has 5 rings (SSSR count). The van der Waals surface area contributed by atoms with Crippen LogP contribution in [0.2, 0.25) is 5.02 Å². The van der Waals surface area contributed by atoms with Crippen molar-refractivity contribution in [1.82, 2.24) is 14.9 Å². The number of nitrogens with zero attached hydrogens (tertiary/aromatic N) is 4. The number of nitriles is 1. The Morgan fingerprint density at radius 2 is 1.74 bits per heavy atom. The maximum atomic E-state index is 16.5. The van der Waals surface area contributed by atoms with Crippen LogP contribution in [-0.2, 0) is 22.6 Å². The number of hydrogen-bond donors (Lipinski definition) is 2. The predicted octanol–water partition coefficient (Wildman–Crippen LogP) is 2.39. The summed E-state index contributed by atoms with van der Waals surface area (Å²) in [6, 6.07) is 10.5. The van der Waals surface area contributed by atoms with Crippen LogP contribution in [0.5, 0.6) is 0 Å². The summed E-state index contributed by atoms with van der Waals surface area (Å²) < 4.78 is 23.1. The van der Waals surface area contributed by atoms with E-state index in [1.165, 1.54) is 49.6 Å². The molecule has 8 nitrogen and oxygen atoms in total. The van der Waals surface area contributed by atoms with Crippen LogP contribution >= 0.6 is 11.6 Å². The fourth-order valence-corrected chi connectivity index (χ4v) is 5.72. The molecule has 1 unspecified atom stereocenters. The Hall–Kier alpha value is -3.16. The Morgan fingerprint density at radius 1 is 1.14 bits per heavy atom. The summed E-state index contributed by atoms with van der Waals surface area (Å²) in [6.07, 6.45) is 3.11. The minimum Gasteiger partial charge on any atom is -0.409 e. The summed E-state index contributed by atoms with van der Waals surface area (Å²) >= 11 is 6.20. The average Bonchev–Trinajstić information content (AvgIpc) is 3.75. The van der Waals surface area contributed by atoms with Crippen molar-refractivity contribution >= 4 is 48.9 Å². The minimum absolute atomic E-state index is 0.0817. The maximum absolute atomic E-state index is 16.5. The molecule has 3 aromatic rings. The molecule has 2 aliphatic rings. The zero-order valence-corrected chi connectivity index (χ0v) is 24.3. The first-order valence-electron chi connectivity index (χ1n) is 13.5. The highest BCUT2D eigenvalue weighted by Gasteiger charge is 2.65. The third-order valence-electron chi connectivity index (χ3n) is 8.55. The van der Waals surface area contributed by atoms with E-state index in [1.807, 2.05) is 6.07 Å². The first-order valence-corrected chi connectivity index (χ1v) is 13.8. The van der Waals surface area contributed by atoms with Crippen LogP contribution in [0.25, 0.3) is 0 Å². The number of halogens is 2. The fourth-order valence-electron chi connectivity index (χ4n) is 5.59. The molecule has 1 amide bonds. The molecular weight excluding hydrogens is 566 g/mol. The molecule has 2 N–H and O–H groups in total. The van der Waals surface area contributed by atoms with Crippen LogP contribution in [0, 0.1) is 22.6 Å². The average molecular weight is 590 g/mol. The molecule has 1 aliphatic carbocycles. The second-order valence-corrected chi connectivity index (χ2v) is 11.8. The first-order chi connectivity index (χ1) is 20.0. The number of aliphatic hydroxyl groups is 2. The van der Waals surface area contributed by atoms with Crippen molar-refractivity contribution < 1.29 is 24.1 Å². The number of hydrogen-bond acceptors (Lipinski definition) is 7. The van der Waals surface area contributed by atoms with Gasteiger partial charge in [-0.25, -0.2) is 14.4 Å². The summed E-state index contributed by atoms with van der Waals surface area (Å²) in [6.45, 7) is 2.86. The van der Waals surface area contributed by atoms with Crippen molar-refractivity contribution in [3.05, 3.63) is 93.3 Å². The third kappa shape index (κ3) is 4.98. The molecule has 8 radical (unpaired) electrons. The topological polar surface area (TPSA) is 120 Å². The van der Waals surface area contributed by atoms with Gasteiger partial charge in [0.15, 0.2) is 5.72 Å². The number of carbonyl (C=O) groups is 1. The molecule has 210 valence electrons. The van der Waals surface area contributed by atoms with E-state index in [2.05, 4.69) is 9.97 Å². The van der Waals surface area contributed by atoms with E-state index in [1.54, 1.807) is 6.92 Å². The van der Waals surface area contributed by atoms with Crippen LogP contribution in [0.3, 0.4) is 0 Å². The Bertz CT molecular complexity index is 1620. The largest absolute Gasteiger partial charge is 0.409 e. The van der Waals surface area contributed by atoms with Crippen LogP contribution in [0.1, 0.15) is 71.5 Å². The van der Waals surface area contributed by atoms with Crippen LogP contribution in [0.15, 0.2) is 48.8 Å². The molecule has 43 heavy (non-hydrogen) atoms. The van der Waals surface area contributed by atoms with E-state index >= 15 is 4.39 Å². The number of rotatable bonds is 9. The quantitative estimate of drug-likeness (QED) is 0.368. The number of amides is 1. The van der Waals surface area contributed by atoms with E-state index in [0.717, 1.165) is 11.0 Å². The van der Waals surface area contributed by atoms with Gasteiger partial charge in [0.2, 0.25) is 0 Å². The molecule has 2 atom stereocenters. The molecule has 14 heteroatoms. The molecule has 1 aromatic heterocycles. The number of carbonyl (C=O) groups excluding carboxylic acids is 1. The summed E-state index contributed by atoms with van der Waals surface area (Å²) in [5, 5.41) is 26.5. The zero-order chi connectivity index (χ0) is 31.6. The summed E-state index contributed by atoms with van der Waals surface area (Å²) in [7, 11) is 25.0. The van der Waals surface area contributed by atoms with Gasteiger partial charge < -0.3 is 14.9 Å². The molecule has 2 aromatic carbocycles. The highest BCUT2D eigenvalue weighted by molar-refractivity contribution is 6.45. The van der Waals surface area contributed by atoms with E-state index in [4.69, 9.17) is 47.7 Å². The summed E-state index contributed by atoms with van der Waals surface area (Å²) in [5.41, 5.74) is -5.10. The lowest BCUT2D eigenvalue weighted by Crippen LogP contribution is -2.62. The number of fused-ring (bicyclic) bond motifs is 1. The second kappa shape index (κ2) is 10.5. The molecule has 1 saturated carbocycles. The monoisotopic (exact) mass is 590 g/mol. The van der Waals surface area contributed by atoms with Crippen molar-refractivity contribution in [2.45, 2.75) is 61.8 Å². The Morgan fingerprint density at radius 3 is 2.26 bits per heavy atom. The number of ether oxygens (including phenoxy) is 1. The van der Waals surface area contributed by atoms with Gasteiger partial charge in [0, 0.05) is 28.4 Å². The maximum Gasteiger partial charge on any atom is 0.257 e. The van der Waals surface area contributed by atoms with Gasteiger partial charge in [0.25, 0.3) is 5.91 Å². The molecule has 2 heterocycles. The summed E-state index contributed by atoms with van der Waals surface area (Å²) in [4.78, 5) is 23.9. The molecule has 1 aliphatic heterocycles. The summed E-state index contributed by atoms with van der Waals surface area (Å²) in [5.74, 6) is -1.54. The Balaban J connectivity index is 1.81. The zero-order valence-electron chi connectivity index (χ0n) is 23.5. The predicted molar refractivity (Wildman–Crippen MR) is 159 cm³/mol. The lowest BCUT2D eigenvalue weighted by molar-refractivity contribution is -0.169.